The van der Waals surface area contributed by atoms with E-state index < -0.39 is 17.8 Å². The summed E-state index contributed by atoms with van der Waals surface area (Å²) in [5, 5.41) is 2.54. The van der Waals surface area contributed by atoms with Gasteiger partial charge in [0.05, 0.1) is 0 Å². The van der Waals surface area contributed by atoms with Gasteiger partial charge in [-0.15, -0.1) is 0 Å². The van der Waals surface area contributed by atoms with Gasteiger partial charge < -0.3 is 4.74 Å². The minimum absolute atomic E-state index is 0.258. The standard InChI is InChI=1S/C17H16ClN3O4/c1-11-2-8-14(9-3-11)25-10-15(22)20-21-17(24)19-16(23)12-4-6-13(18)7-5-12/h2-9H,10H2,1H3,(H,20,22)(H2,19,21,23,24). The molecule has 0 spiro atoms. The molecular weight excluding hydrogens is 346 g/mol. The summed E-state index contributed by atoms with van der Waals surface area (Å²) in [6.07, 6.45) is 0. The number of hydrazine groups is 1. The third kappa shape index (κ3) is 6.15. The van der Waals surface area contributed by atoms with Gasteiger partial charge in [-0.25, -0.2) is 10.2 Å². The monoisotopic (exact) mass is 361 g/mol. The third-order valence-corrected chi connectivity index (χ3v) is 3.29. The normalized spacial score (nSPS) is 9.84. The van der Waals surface area contributed by atoms with Gasteiger partial charge in [-0.3, -0.25) is 20.3 Å². The van der Waals surface area contributed by atoms with Crippen LogP contribution in [-0.2, 0) is 4.79 Å². The largest absolute Gasteiger partial charge is 0.484 e. The van der Waals surface area contributed by atoms with Gasteiger partial charge in [0, 0.05) is 10.6 Å². The second-order valence-electron chi connectivity index (χ2n) is 5.07. The zero-order chi connectivity index (χ0) is 18.2. The maximum Gasteiger partial charge on any atom is 0.340 e. The highest BCUT2D eigenvalue weighted by Gasteiger charge is 2.11. The molecule has 0 aromatic heterocycles. The van der Waals surface area contributed by atoms with Crippen molar-refractivity contribution >= 4 is 29.4 Å². The average Bonchev–Trinajstić information content (AvgIpc) is 2.60. The molecule has 130 valence electrons. The summed E-state index contributed by atoms with van der Waals surface area (Å²) < 4.78 is 5.25. The summed E-state index contributed by atoms with van der Waals surface area (Å²) in [6.45, 7) is 1.65. The highest BCUT2D eigenvalue weighted by atomic mass is 35.5. The van der Waals surface area contributed by atoms with E-state index in [2.05, 4.69) is 16.2 Å². The number of ether oxygens (including phenoxy) is 1. The second kappa shape index (κ2) is 8.70. The van der Waals surface area contributed by atoms with Crippen molar-refractivity contribution in [3.05, 3.63) is 64.7 Å². The van der Waals surface area contributed by atoms with Gasteiger partial charge >= 0.3 is 6.03 Å². The number of nitrogens with one attached hydrogen (secondary N) is 3. The van der Waals surface area contributed by atoms with Crippen LogP contribution in [0.5, 0.6) is 5.75 Å². The predicted molar refractivity (Wildman–Crippen MR) is 92.3 cm³/mol. The molecule has 0 atom stereocenters. The molecule has 0 saturated carbocycles. The van der Waals surface area contributed by atoms with Crippen LogP contribution in [0.15, 0.2) is 48.5 Å². The maximum atomic E-state index is 11.8. The number of amides is 4. The molecule has 0 aliphatic heterocycles. The molecule has 0 aliphatic carbocycles. The molecule has 3 N–H and O–H groups in total. The molecule has 2 rings (SSSR count). The van der Waals surface area contributed by atoms with E-state index in [9.17, 15) is 14.4 Å². The van der Waals surface area contributed by atoms with E-state index in [1.165, 1.54) is 24.3 Å². The molecule has 4 amide bonds. The fourth-order valence-corrected chi connectivity index (χ4v) is 1.88. The van der Waals surface area contributed by atoms with Crippen molar-refractivity contribution in [3.63, 3.8) is 0 Å². The Balaban J connectivity index is 1.71. The number of halogens is 1. The van der Waals surface area contributed by atoms with E-state index in [0.29, 0.717) is 10.8 Å². The molecule has 2 aromatic rings. The number of carbonyl (C=O) groups excluding carboxylic acids is 3. The van der Waals surface area contributed by atoms with Crippen LogP contribution in [0.25, 0.3) is 0 Å². The lowest BCUT2D eigenvalue weighted by Gasteiger charge is -2.09. The maximum absolute atomic E-state index is 11.8. The molecule has 7 nitrogen and oxygen atoms in total. The van der Waals surface area contributed by atoms with Crippen molar-refractivity contribution in [2.75, 3.05) is 6.61 Å². The van der Waals surface area contributed by atoms with Crippen LogP contribution >= 0.6 is 11.6 Å². The fraction of sp³-hybridized carbons (Fsp3) is 0.118. The van der Waals surface area contributed by atoms with Crippen molar-refractivity contribution in [1.82, 2.24) is 16.2 Å². The Morgan fingerprint density at radius 2 is 1.60 bits per heavy atom. The van der Waals surface area contributed by atoms with E-state index in [1.54, 1.807) is 12.1 Å². The number of carbonyl (C=O) groups is 3. The molecule has 0 heterocycles. The zero-order valence-corrected chi connectivity index (χ0v) is 14.1. The lowest BCUT2D eigenvalue weighted by atomic mass is 10.2. The van der Waals surface area contributed by atoms with Gasteiger partial charge in [0.15, 0.2) is 6.61 Å². The molecule has 2 aromatic carbocycles. The number of hydrogen-bond donors (Lipinski definition) is 3. The Hall–Kier alpha value is -3.06. The molecule has 0 bridgehead atoms. The first-order valence-corrected chi connectivity index (χ1v) is 7.67. The minimum atomic E-state index is -0.872. The SMILES string of the molecule is Cc1ccc(OCC(=O)NNC(=O)NC(=O)c2ccc(Cl)cc2)cc1. The van der Waals surface area contributed by atoms with Crippen molar-refractivity contribution in [2.45, 2.75) is 6.92 Å². The van der Waals surface area contributed by atoms with Crippen LogP contribution in [0.4, 0.5) is 4.79 Å². The Morgan fingerprint density at radius 1 is 0.960 bits per heavy atom. The van der Waals surface area contributed by atoms with Crippen LogP contribution < -0.4 is 20.9 Å². The average molecular weight is 362 g/mol. The lowest BCUT2D eigenvalue weighted by molar-refractivity contribution is -0.123. The Kier molecular flexibility index (Phi) is 6.36. The van der Waals surface area contributed by atoms with E-state index >= 15 is 0 Å². The van der Waals surface area contributed by atoms with Crippen LogP contribution in [-0.4, -0.2) is 24.5 Å². The quantitative estimate of drug-likeness (QED) is 0.727. The summed E-state index contributed by atoms with van der Waals surface area (Å²) in [5.74, 6) is -0.669. The summed E-state index contributed by atoms with van der Waals surface area (Å²) in [7, 11) is 0. The lowest BCUT2D eigenvalue weighted by Crippen LogP contribution is -2.49. The van der Waals surface area contributed by atoms with Crippen LogP contribution in [0.1, 0.15) is 15.9 Å². The van der Waals surface area contributed by atoms with Crippen molar-refractivity contribution in [3.8, 4) is 5.75 Å². The Morgan fingerprint density at radius 3 is 2.24 bits per heavy atom. The first-order chi connectivity index (χ1) is 11.9. The molecule has 0 radical (unpaired) electrons. The summed E-state index contributed by atoms with van der Waals surface area (Å²) in [6, 6.07) is 12.3. The molecule has 0 saturated heterocycles. The first-order valence-electron chi connectivity index (χ1n) is 7.29. The number of benzene rings is 2. The van der Waals surface area contributed by atoms with Crippen LogP contribution in [0.3, 0.4) is 0 Å². The molecule has 25 heavy (non-hydrogen) atoms. The summed E-state index contributed by atoms with van der Waals surface area (Å²) in [5.41, 5.74) is 5.52. The van der Waals surface area contributed by atoms with Crippen LogP contribution in [0.2, 0.25) is 5.02 Å². The molecule has 0 fully saturated rings. The van der Waals surface area contributed by atoms with Gasteiger partial charge in [0.2, 0.25) is 0 Å². The number of urea groups is 1. The molecule has 0 unspecified atom stereocenters. The summed E-state index contributed by atoms with van der Waals surface area (Å²) in [4.78, 5) is 35.0. The van der Waals surface area contributed by atoms with Crippen molar-refractivity contribution in [1.29, 1.82) is 0 Å². The summed E-state index contributed by atoms with van der Waals surface area (Å²) >= 11 is 5.72. The topological polar surface area (TPSA) is 96.5 Å². The molecular formula is C17H16ClN3O4. The van der Waals surface area contributed by atoms with Crippen molar-refractivity contribution in [2.24, 2.45) is 0 Å². The van der Waals surface area contributed by atoms with E-state index in [4.69, 9.17) is 16.3 Å². The zero-order valence-electron chi connectivity index (χ0n) is 13.3. The predicted octanol–water partition coefficient (Wildman–Crippen LogP) is 2.20. The fourth-order valence-electron chi connectivity index (χ4n) is 1.75. The van der Waals surface area contributed by atoms with Gasteiger partial charge in [-0.05, 0) is 43.3 Å². The van der Waals surface area contributed by atoms with E-state index in [-0.39, 0.29) is 12.2 Å². The van der Waals surface area contributed by atoms with Gasteiger partial charge in [-0.2, -0.15) is 0 Å². The number of hydrogen-bond acceptors (Lipinski definition) is 4. The first kappa shape index (κ1) is 18.3. The molecule has 8 heteroatoms. The minimum Gasteiger partial charge on any atom is -0.484 e. The number of rotatable bonds is 4. The number of imide groups is 1. The van der Waals surface area contributed by atoms with Gasteiger partial charge in [-0.1, -0.05) is 29.3 Å². The Bertz CT molecular complexity index is 760. The second-order valence-corrected chi connectivity index (χ2v) is 5.50. The van der Waals surface area contributed by atoms with E-state index in [0.717, 1.165) is 5.56 Å². The van der Waals surface area contributed by atoms with Crippen molar-refractivity contribution < 1.29 is 19.1 Å². The molecule has 0 aliphatic rings. The highest BCUT2D eigenvalue weighted by Crippen LogP contribution is 2.11. The number of aryl methyl sites for hydroxylation is 1. The van der Waals surface area contributed by atoms with Gasteiger partial charge in [0.1, 0.15) is 5.75 Å². The Labute approximate surface area is 149 Å². The van der Waals surface area contributed by atoms with Crippen LogP contribution in [0, 0.1) is 6.92 Å². The van der Waals surface area contributed by atoms with Gasteiger partial charge in [0.25, 0.3) is 11.8 Å². The third-order valence-electron chi connectivity index (χ3n) is 3.04. The highest BCUT2D eigenvalue weighted by molar-refractivity contribution is 6.30. The smallest absolute Gasteiger partial charge is 0.340 e. The van der Waals surface area contributed by atoms with E-state index in [1.807, 2.05) is 19.1 Å².